The molecule has 0 saturated carbocycles. The van der Waals surface area contributed by atoms with Gasteiger partial charge in [0.2, 0.25) is 5.95 Å². The van der Waals surface area contributed by atoms with Crippen molar-refractivity contribution in [3.63, 3.8) is 0 Å². The van der Waals surface area contributed by atoms with E-state index in [1.54, 1.807) is 30.9 Å². The fraction of sp³-hybridized carbons (Fsp3) is 0.308. The van der Waals surface area contributed by atoms with Crippen LogP contribution >= 0.6 is 0 Å². The Labute approximate surface area is 255 Å². The lowest BCUT2D eigenvalue weighted by molar-refractivity contribution is -0.193. The number of hydrogen-bond acceptors (Lipinski definition) is 10. The van der Waals surface area contributed by atoms with Crippen molar-refractivity contribution in [2.45, 2.75) is 24.9 Å². The molecule has 0 aromatic carbocycles. The molecule has 246 valence electrons. The molecule has 20 heteroatoms. The number of carboxylic acids is 2. The molecule has 4 aromatic heterocycles. The molecule has 0 radical (unpaired) electrons. The summed E-state index contributed by atoms with van der Waals surface area (Å²) in [5.41, 5.74) is 2.04. The molecule has 1 fully saturated rings. The zero-order valence-corrected chi connectivity index (χ0v) is 23.6. The van der Waals surface area contributed by atoms with Gasteiger partial charge in [0, 0.05) is 44.4 Å². The number of carbonyl (C=O) groups excluding carboxylic acids is 1. The minimum Gasteiger partial charge on any atom is -0.475 e. The summed E-state index contributed by atoms with van der Waals surface area (Å²) in [7, 11) is 2.07. The van der Waals surface area contributed by atoms with E-state index in [0.29, 0.717) is 30.2 Å². The molecular weight excluding hydrogens is 632 g/mol. The number of fused-ring (bicyclic) bond motifs is 1. The third-order valence-corrected chi connectivity index (χ3v) is 6.11. The number of aromatic nitrogens is 6. The van der Waals surface area contributed by atoms with Crippen molar-refractivity contribution in [2.24, 2.45) is 0 Å². The average Bonchev–Trinajstić information content (AvgIpc) is 3.44. The van der Waals surface area contributed by atoms with Crippen molar-refractivity contribution in [3.05, 3.63) is 78.3 Å². The van der Waals surface area contributed by atoms with Crippen LogP contribution in [-0.4, -0.2) is 102 Å². The van der Waals surface area contributed by atoms with E-state index >= 15 is 0 Å². The molecule has 0 aliphatic carbocycles. The monoisotopic (exact) mass is 657 g/mol. The second kappa shape index (κ2) is 15.1. The summed E-state index contributed by atoms with van der Waals surface area (Å²) < 4.78 is 65.4. The molecule has 1 amide bonds. The van der Waals surface area contributed by atoms with Crippen LogP contribution in [0.1, 0.15) is 27.9 Å². The SMILES string of the molecule is CN1CCN(c2ncccn2)CC1c1nnc2ccc(C(=O)NCc3ccccn3)cn12.O=C(O)C(F)(F)F.O=C(O)C(F)(F)F. The molecule has 1 aliphatic rings. The van der Waals surface area contributed by atoms with Gasteiger partial charge in [0.1, 0.15) is 0 Å². The standard InChI is InChI=1S/C22H23N9O.2C2HF3O2/c1-29-11-12-30(22-24-9-4-10-25-22)15-18(29)20-28-27-19-7-6-16(14-31(19)20)21(32)26-13-17-5-2-3-8-23-17;2*3-2(4,5)1(6)7/h2-10,14,18H,11-13,15H2,1H3,(H,26,32);2*(H,6,7). The van der Waals surface area contributed by atoms with Crippen molar-refractivity contribution < 1.29 is 50.9 Å². The van der Waals surface area contributed by atoms with E-state index in [-0.39, 0.29) is 11.9 Å². The number of pyridine rings is 2. The largest absolute Gasteiger partial charge is 0.490 e. The highest BCUT2D eigenvalue weighted by Gasteiger charge is 2.39. The zero-order chi connectivity index (χ0) is 34.1. The maximum absolute atomic E-state index is 12.7. The summed E-state index contributed by atoms with van der Waals surface area (Å²) in [5.74, 6) is -4.20. The number of amides is 1. The number of anilines is 1. The van der Waals surface area contributed by atoms with Crippen LogP contribution in [0.25, 0.3) is 5.65 Å². The number of aliphatic carboxylic acids is 2. The van der Waals surface area contributed by atoms with Gasteiger partial charge < -0.3 is 20.4 Å². The number of carbonyl (C=O) groups is 3. The van der Waals surface area contributed by atoms with E-state index in [0.717, 1.165) is 24.6 Å². The number of alkyl halides is 6. The molecule has 46 heavy (non-hydrogen) atoms. The molecule has 3 N–H and O–H groups in total. The molecular formula is C26H25F6N9O5. The van der Waals surface area contributed by atoms with Crippen molar-refractivity contribution in [1.82, 2.24) is 39.8 Å². The van der Waals surface area contributed by atoms with E-state index in [9.17, 15) is 31.1 Å². The number of nitrogens with one attached hydrogen (secondary N) is 1. The van der Waals surface area contributed by atoms with Gasteiger partial charge in [-0.05, 0) is 37.4 Å². The number of piperazine rings is 1. The predicted octanol–water partition coefficient (Wildman–Crippen LogP) is 2.60. The summed E-state index contributed by atoms with van der Waals surface area (Å²) in [6, 6.07) is 11.0. The van der Waals surface area contributed by atoms with Crippen LogP contribution in [-0.2, 0) is 16.1 Å². The number of halogens is 6. The van der Waals surface area contributed by atoms with Crippen LogP contribution in [0.3, 0.4) is 0 Å². The smallest absolute Gasteiger partial charge is 0.475 e. The first kappa shape index (κ1) is 35.1. The quantitative estimate of drug-likeness (QED) is 0.268. The van der Waals surface area contributed by atoms with Gasteiger partial charge in [0.25, 0.3) is 5.91 Å². The van der Waals surface area contributed by atoms with Gasteiger partial charge in [0.05, 0.1) is 23.8 Å². The van der Waals surface area contributed by atoms with Crippen molar-refractivity contribution in [2.75, 3.05) is 31.6 Å². The summed E-state index contributed by atoms with van der Waals surface area (Å²) in [6.07, 6.45) is -3.17. The lowest BCUT2D eigenvalue weighted by Crippen LogP contribution is -2.47. The lowest BCUT2D eigenvalue weighted by atomic mass is 10.1. The molecule has 1 saturated heterocycles. The molecule has 5 rings (SSSR count). The summed E-state index contributed by atoms with van der Waals surface area (Å²) in [5, 5.41) is 25.9. The number of nitrogens with zero attached hydrogens (tertiary/aromatic N) is 8. The molecule has 1 unspecified atom stereocenters. The van der Waals surface area contributed by atoms with Crippen LogP contribution in [0.5, 0.6) is 0 Å². The highest BCUT2D eigenvalue weighted by atomic mass is 19.4. The Morgan fingerprint density at radius 1 is 0.870 bits per heavy atom. The van der Waals surface area contributed by atoms with Gasteiger partial charge in [-0.15, -0.1) is 10.2 Å². The van der Waals surface area contributed by atoms with Crippen LogP contribution in [0.2, 0.25) is 0 Å². The Morgan fingerprint density at radius 2 is 1.48 bits per heavy atom. The van der Waals surface area contributed by atoms with Crippen molar-refractivity contribution >= 4 is 29.4 Å². The number of carboxylic acid groups (broad SMARTS) is 2. The molecule has 1 aliphatic heterocycles. The van der Waals surface area contributed by atoms with E-state index < -0.39 is 24.3 Å². The van der Waals surface area contributed by atoms with Crippen molar-refractivity contribution in [1.29, 1.82) is 0 Å². The Balaban J connectivity index is 0.000000345. The van der Waals surface area contributed by atoms with Gasteiger partial charge in [-0.3, -0.25) is 19.1 Å². The first-order chi connectivity index (χ1) is 21.6. The van der Waals surface area contributed by atoms with Gasteiger partial charge in [-0.1, -0.05) is 6.07 Å². The van der Waals surface area contributed by atoms with Crippen LogP contribution < -0.4 is 10.2 Å². The summed E-state index contributed by atoms with van der Waals surface area (Å²) >= 11 is 0. The van der Waals surface area contributed by atoms with Crippen LogP contribution in [0, 0.1) is 0 Å². The fourth-order valence-electron chi connectivity index (χ4n) is 3.83. The average molecular weight is 658 g/mol. The Morgan fingerprint density at radius 3 is 2.04 bits per heavy atom. The van der Waals surface area contributed by atoms with Gasteiger partial charge in [-0.25, -0.2) is 19.6 Å². The fourth-order valence-corrected chi connectivity index (χ4v) is 3.83. The number of likely N-dealkylation sites (N-methyl/N-ethyl adjacent to an activating group) is 1. The molecule has 1 atom stereocenters. The molecule has 0 bridgehead atoms. The molecule has 0 spiro atoms. The summed E-state index contributed by atoms with van der Waals surface area (Å²) in [6.45, 7) is 2.71. The van der Waals surface area contributed by atoms with Crippen LogP contribution in [0.4, 0.5) is 32.3 Å². The van der Waals surface area contributed by atoms with Crippen molar-refractivity contribution in [3.8, 4) is 0 Å². The Hall–Kier alpha value is -5.40. The summed E-state index contributed by atoms with van der Waals surface area (Å²) in [4.78, 5) is 47.9. The van der Waals surface area contributed by atoms with E-state index in [2.05, 4.69) is 47.3 Å². The minimum absolute atomic E-state index is 0.0191. The van der Waals surface area contributed by atoms with E-state index in [1.165, 1.54) is 0 Å². The number of rotatable bonds is 5. The van der Waals surface area contributed by atoms with Gasteiger partial charge >= 0.3 is 24.3 Å². The Kier molecular flexibility index (Phi) is 11.5. The van der Waals surface area contributed by atoms with Crippen LogP contribution in [0.15, 0.2) is 61.2 Å². The molecule has 4 aromatic rings. The van der Waals surface area contributed by atoms with E-state index in [4.69, 9.17) is 19.8 Å². The maximum atomic E-state index is 12.7. The lowest BCUT2D eigenvalue weighted by Gasteiger charge is -2.38. The number of hydrogen-bond donors (Lipinski definition) is 3. The second-order valence-corrected chi connectivity index (χ2v) is 9.30. The predicted molar refractivity (Wildman–Crippen MR) is 145 cm³/mol. The normalized spacial score (nSPS) is 15.2. The third kappa shape index (κ3) is 9.81. The first-order valence-corrected chi connectivity index (χ1v) is 12.9. The maximum Gasteiger partial charge on any atom is 0.490 e. The van der Waals surface area contributed by atoms with Gasteiger partial charge in [-0.2, -0.15) is 26.3 Å². The highest BCUT2D eigenvalue weighted by Crippen LogP contribution is 2.25. The third-order valence-electron chi connectivity index (χ3n) is 6.11. The topological polar surface area (TPSA) is 179 Å². The van der Waals surface area contributed by atoms with Gasteiger partial charge in [0.15, 0.2) is 11.5 Å². The molecule has 14 nitrogen and oxygen atoms in total. The first-order valence-electron chi connectivity index (χ1n) is 12.9. The highest BCUT2D eigenvalue weighted by molar-refractivity contribution is 5.94. The second-order valence-electron chi connectivity index (χ2n) is 9.30. The minimum atomic E-state index is -5.08. The Bertz CT molecular complexity index is 1600. The molecule has 5 heterocycles. The van der Waals surface area contributed by atoms with E-state index in [1.807, 2.05) is 34.7 Å². The zero-order valence-electron chi connectivity index (χ0n) is 23.6.